The van der Waals surface area contributed by atoms with Gasteiger partial charge in [0, 0.05) is 13.2 Å². The van der Waals surface area contributed by atoms with E-state index in [0.717, 1.165) is 19.3 Å². The van der Waals surface area contributed by atoms with Crippen LogP contribution in [0.2, 0.25) is 5.02 Å². The average Bonchev–Trinajstić information content (AvgIpc) is 3.32. The Morgan fingerprint density at radius 3 is 2.23 bits per heavy atom. The van der Waals surface area contributed by atoms with Crippen LogP contribution in [0.15, 0.2) is 30.5 Å². The highest BCUT2D eigenvalue weighted by atomic mass is 35.5. The van der Waals surface area contributed by atoms with Gasteiger partial charge in [0.05, 0.1) is 22.4 Å². The van der Waals surface area contributed by atoms with Crippen LogP contribution in [-0.2, 0) is 17.1 Å². The maximum Gasteiger partial charge on any atom is 0.420 e. The van der Waals surface area contributed by atoms with Gasteiger partial charge in [-0.15, -0.1) is 0 Å². The fourth-order valence-corrected chi connectivity index (χ4v) is 2.94. The maximum atomic E-state index is 14.2. The number of nitrogens with zero attached hydrogens (tertiary/aromatic N) is 1. The highest BCUT2D eigenvalue weighted by Gasteiger charge is 2.42. The van der Waals surface area contributed by atoms with E-state index in [4.69, 9.17) is 21.1 Å². The van der Waals surface area contributed by atoms with Crippen molar-refractivity contribution >= 4 is 29.1 Å². The van der Waals surface area contributed by atoms with Crippen molar-refractivity contribution in [1.29, 1.82) is 0 Å². The molecule has 192 valence electrons. The molecule has 1 amide bonds. The molecule has 0 aromatic heterocycles. The first-order chi connectivity index (χ1) is 16.2. The van der Waals surface area contributed by atoms with Crippen LogP contribution in [0, 0.1) is 11.6 Å². The van der Waals surface area contributed by atoms with E-state index in [9.17, 15) is 39.9 Å². The molecule has 2 aromatic rings. The van der Waals surface area contributed by atoms with Crippen molar-refractivity contribution in [1.82, 2.24) is 5.32 Å². The van der Waals surface area contributed by atoms with Crippen molar-refractivity contribution in [3.8, 4) is 5.75 Å². The molecule has 0 fully saturated rings. The molecule has 0 unspecified atom stereocenters. The van der Waals surface area contributed by atoms with Crippen LogP contribution in [0.25, 0.3) is 5.76 Å². The van der Waals surface area contributed by atoms with E-state index >= 15 is 0 Å². The summed E-state index contributed by atoms with van der Waals surface area (Å²) in [4.78, 5) is 12.9. The van der Waals surface area contributed by atoms with Gasteiger partial charge in [0.1, 0.15) is 16.6 Å². The maximum absolute atomic E-state index is 14.2. The summed E-state index contributed by atoms with van der Waals surface area (Å²) in [6.07, 6.45) is -11.2. The summed E-state index contributed by atoms with van der Waals surface area (Å²) in [5.74, 6) is -4.35. The van der Waals surface area contributed by atoms with E-state index < -0.39 is 69.0 Å². The summed E-state index contributed by atoms with van der Waals surface area (Å²) in [7, 11) is 0.874. The van der Waals surface area contributed by atoms with Crippen LogP contribution in [0.5, 0.6) is 5.75 Å². The molecule has 2 aromatic carbocycles. The number of halogens is 9. The van der Waals surface area contributed by atoms with Gasteiger partial charge in [-0.2, -0.15) is 26.3 Å². The normalized spacial score (nSPS) is 13.2. The van der Waals surface area contributed by atoms with Crippen molar-refractivity contribution in [2.24, 2.45) is 0 Å². The molecule has 0 saturated carbocycles. The van der Waals surface area contributed by atoms with Gasteiger partial charge in [0.15, 0.2) is 18.3 Å². The Balaban J connectivity index is 0.00000210. The Morgan fingerprint density at radius 1 is 1.09 bits per heavy atom. The lowest BCUT2D eigenvalue weighted by Crippen LogP contribution is -2.31. The van der Waals surface area contributed by atoms with Crippen molar-refractivity contribution in [3.05, 3.63) is 63.8 Å². The Morgan fingerprint density at radius 2 is 1.71 bits per heavy atom. The standard InChI is InChI=1S/C19H11ClF8N2O3.C2H6/c1-30(12-3-2-11(21)14(20)15(12)22)17(31)33-16-9(13-6-29-7-32-13)4-8(18(23,24)25)5-10(16)19(26,27)28;1-2/h2-6,29H,7H2,1H3;1-2H3. The topological polar surface area (TPSA) is 50.8 Å². The Kier molecular flexibility index (Phi) is 8.47. The van der Waals surface area contributed by atoms with Gasteiger partial charge >= 0.3 is 18.4 Å². The third kappa shape index (κ3) is 6.08. The second-order valence-electron chi connectivity index (χ2n) is 6.52. The largest absolute Gasteiger partial charge is 0.471 e. The monoisotopic (exact) mass is 532 g/mol. The fourth-order valence-electron chi connectivity index (χ4n) is 2.78. The van der Waals surface area contributed by atoms with E-state index in [0.29, 0.717) is 17.0 Å². The van der Waals surface area contributed by atoms with Crippen LogP contribution in [-0.4, -0.2) is 19.9 Å². The summed E-state index contributed by atoms with van der Waals surface area (Å²) in [6, 6.07) is 1.54. The predicted octanol–water partition coefficient (Wildman–Crippen LogP) is 7.19. The number of ether oxygens (including phenoxy) is 2. The number of carbonyl (C=O) groups is 1. The number of amides is 1. The molecule has 5 nitrogen and oxygen atoms in total. The molecule has 1 aliphatic rings. The lowest BCUT2D eigenvalue weighted by molar-refractivity contribution is -0.143. The number of anilines is 1. The van der Waals surface area contributed by atoms with Gasteiger partial charge in [0.25, 0.3) is 0 Å². The molecule has 0 spiro atoms. The molecule has 0 atom stereocenters. The number of benzene rings is 2. The Hall–Kier alpha value is -3.22. The van der Waals surface area contributed by atoms with Crippen molar-refractivity contribution in [2.75, 3.05) is 18.7 Å². The summed E-state index contributed by atoms with van der Waals surface area (Å²) in [5, 5.41) is 1.45. The highest BCUT2D eigenvalue weighted by Crippen LogP contribution is 2.45. The fraction of sp³-hybridized carbons (Fsp3) is 0.286. The van der Waals surface area contributed by atoms with Crippen LogP contribution < -0.4 is 15.0 Å². The molecule has 1 N–H and O–H groups in total. The van der Waals surface area contributed by atoms with Gasteiger partial charge in [0.2, 0.25) is 0 Å². The second-order valence-corrected chi connectivity index (χ2v) is 6.90. The quantitative estimate of drug-likeness (QED) is 0.336. The molecular formula is C21H17ClF8N2O3. The molecule has 3 rings (SSSR count). The summed E-state index contributed by atoms with van der Waals surface area (Å²) in [5.41, 5.74) is -5.10. The molecule has 0 saturated heterocycles. The van der Waals surface area contributed by atoms with Crippen molar-refractivity contribution in [3.63, 3.8) is 0 Å². The summed E-state index contributed by atoms with van der Waals surface area (Å²) >= 11 is 5.43. The number of hydrogen-bond donors (Lipinski definition) is 1. The van der Waals surface area contributed by atoms with Gasteiger partial charge in [-0.3, -0.25) is 4.90 Å². The van der Waals surface area contributed by atoms with Gasteiger partial charge in [-0.05, 0) is 24.3 Å². The first-order valence-electron chi connectivity index (χ1n) is 9.70. The predicted molar refractivity (Wildman–Crippen MR) is 111 cm³/mol. The minimum absolute atomic E-state index is 0.232. The van der Waals surface area contributed by atoms with E-state index in [1.807, 2.05) is 13.8 Å². The number of nitrogens with one attached hydrogen (secondary N) is 1. The van der Waals surface area contributed by atoms with E-state index in [1.54, 1.807) is 0 Å². The first kappa shape index (κ1) is 28.0. The second kappa shape index (κ2) is 10.6. The minimum Gasteiger partial charge on any atom is -0.471 e. The van der Waals surface area contributed by atoms with Gasteiger partial charge in [-0.25, -0.2) is 13.6 Å². The van der Waals surface area contributed by atoms with Gasteiger partial charge < -0.3 is 14.8 Å². The zero-order chi connectivity index (χ0) is 26.7. The Labute approximate surface area is 198 Å². The zero-order valence-corrected chi connectivity index (χ0v) is 18.9. The van der Waals surface area contributed by atoms with Crippen LogP contribution in [0.1, 0.15) is 30.5 Å². The number of carbonyl (C=O) groups excluding carboxylic acids is 1. The average molecular weight is 533 g/mol. The Bertz CT molecular complexity index is 1130. The van der Waals surface area contributed by atoms with E-state index in [2.05, 4.69) is 5.32 Å². The van der Waals surface area contributed by atoms with E-state index in [-0.39, 0.29) is 12.8 Å². The van der Waals surface area contributed by atoms with E-state index in [1.165, 1.54) is 0 Å². The summed E-state index contributed by atoms with van der Waals surface area (Å²) < 4.78 is 118. The smallest absolute Gasteiger partial charge is 0.420 e. The molecule has 0 aliphatic carbocycles. The SMILES string of the molecule is CC.CN(C(=O)Oc1c(C2=CNCO2)cc(C(F)(F)F)cc1C(F)(F)F)c1ccc(F)c(Cl)c1F. The molecule has 1 aliphatic heterocycles. The zero-order valence-electron chi connectivity index (χ0n) is 18.2. The molecule has 0 radical (unpaired) electrons. The summed E-state index contributed by atoms with van der Waals surface area (Å²) in [6.45, 7) is 3.74. The molecule has 14 heteroatoms. The van der Waals surface area contributed by atoms with Crippen LogP contribution >= 0.6 is 11.6 Å². The van der Waals surface area contributed by atoms with Crippen LogP contribution in [0.4, 0.5) is 45.6 Å². The van der Waals surface area contributed by atoms with Crippen molar-refractivity contribution in [2.45, 2.75) is 26.2 Å². The number of alkyl halides is 6. The number of hydrogen-bond acceptors (Lipinski definition) is 4. The molecule has 35 heavy (non-hydrogen) atoms. The lowest BCUT2D eigenvalue weighted by atomic mass is 10.0. The van der Waals surface area contributed by atoms with Gasteiger partial charge in [-0.1, -0.05) is 25.4 Å². The third-order valence-electron chi connectivity index (χ3n) is 4.37. The molecular weight excluding hydrogens is 516 g/mol. The highest BCUT2D eigenvalue weighted by molar-refractivity contribution is 6.31. The van der Waals surface area contributed by atoms with Crippen LogP contribution in [0.3, 0.4) is 0 Å². The third-order valence-corrected chi connectivity index (χ3v) is 4.72. The molecule has 1 heterocycles. The minimum atomic E-state index is -5.39. The van der Waals surface area contributed by atoms with Crippen molar-refractivity contribution < 1.29 is 49.4 Å². The lowest BCUT2D eigenvalue weighted by Gasteiger charge is -2.22. The first-order valence-corrected chi connectivity index (χ1v) is 10.1. The number of rotatable bonds is 3. The molecule has 0 bridgehead atoms.